The number of hydrogen-bond donors (Lipinski definition) is 1. The van der Waals surface area contributed by atoms with Crippen molar-refractivity contribution in [1.82, 2.24) is 9.29 Å². The summed E-state index contributed by atoms with van der Waals surface area (Å²) in [5.74, 6) is 0.250. The minimum atomic E-state index is -3.07. The summed E-state index contributed by atoms with van der Waals surface area (Å²) >= 11 is 0. The van der Waals surface area contributed by atoms with Crippen LogP contribution in [0.4, 0.5) is 5.69 Å². The number of benzene rings is 1. The molecule has 1 N–H and O–H groups in total. The van der Waals surface area contributed by atoms with E-state index >= 15 is 0 Å². The fourth-order valence-corrected chi connectivity index (χ4v) is 4.43. The molecule has 2 aromatic rings. The molecular formula is C15H21N3O2S. The van der Waals surface area contributed by atoms with E-state index in [0.29, 0.717) is 19.5 Å². The van der Waals surface area contributed by atoms with Gasteiger partial charge in [0.25, 0.3) is 0 Å². The number of hydrogen-bond acceptors (Lipinski definition) is 3. The SMILES string of the molecule is CCCS(=O)(=O)N1CCN(c2cccc3[nH]ccc23)CC1. The lowest BCUT2D eigenvalue weighted by molar-refractivity contribution is 0.385. The molecule has 21 heavy (non-hydrogen) atoms. The molecule has 1 saturated heterocycles. The van der Waals surface area contributed by atoms with Crippen molar-refractivity contribution in [3.8, 4) is 0 Å². The summed E-state index contributed by atoms with van der Waals surface area (Å²) in [5.41, 5.74) is 2.30. The number of sulfonamides is 1. The first kappa shape index (κ1) is 14.4. The second kappa shape index (κ2) is 5.69. The fraction of sp³-hybridized carbons (Fsp3) is 0.467. The van der Waals surface area contributed by atoms with Crippen LogP contribution in [0.1, 0.15) is 13.3 Å². The van der Waals surface area contributed by atoms with Gasteiger partial charge in [0.15, 0.2) is 0 Å². The second-order valence-electron chi connectivity index (χ2n) is 5.42. The second-order valence-corrected chi connectivity index (χ2v) is 7.51. The highest BCUT2D eigenvalue weighted by atomic mass is 32.2. The molecule has 0 unspecified atom stereocenters. The van der Waals surface area contributed by atoms with Crippen LogP contribution in [0.15, 0.2) is 30.5 Å². The number of aromatic amines is 1. The van der Waals surface area contributed by atoms with Crippen molar-refractivity contribution in [2.75, 3.05) is 36.8 Å². The molecule has 1 aliphatic heterocycles. The molecule has 2 heterocycles. The third kappa shape index (κ3) is 2.78. The van der Waals surface area contributed by atoms with Crippen molar-refractivity contribution in [2.24, 2.45) is 0 Å². The maximum Gasteiger partial charge on any atom is 0.214 e. The van der Waals surface area contributed by atoms with Crippen molar-refractivity contribution in [1.29, 1.82) is 0 Å². The lowest BCUT2D eigenvalue weighted by Crippen LogP contribution is -2.49. The molecule has 1 aromatic carbocycles. The highest BCUT2D eigenvalue weighted by Crippen LogP contribution is 2.27. The Bertz CT molecular complexity index is 715. The molecule has 3 rings (SSSR count). The first-order valence-corrected chi connectivity index (χ1v) is 9.01. The van der Waals surface area contributed by atoms with E-state index in [4.69, 9.17) is 0 Å². The predicted octanol–water partition coefficient (Wildman–Crippen LogP) is 2.03. The summed E-state index contributed by atoms with van der Waals surface area (Å²) in [6, 6.07) is 8.27. The van der Waals surface area contributed by atoms with E-state index in [1.807, 2.05) is 19.2 Å². The average Bonchev–Trinajstić information content (AvgIpc) is 2.95. The van der Waals surface area contributed by atoms with E-state index < -0.39 is 10.0 Å². The lowest BCUT2D eigenvalue weighted by Gasteiger charge is -2.35. The van der Waals surface area contributed by atoms with Crippen LogP contribution in [0.25, 0.3) is 10.9 Å². The van der Waals surface area contributed by atoms with E-state index in [0.717, 1.165) is 18.6 Å². The number of fused-ring (bicyclic) bond motifs is 1. The molecule has 6 heteroatoms. The van der Waals surface area contributed by atoms with E-state index in [-0.39, 0.29) is 5.75 Å². The molecule has 0 amide bonds. The molecule has 0 aliphatic carbocycles. The van der Waals surface area contributed by atoms with Crippen LogP contribution in [0, 0.1) is 0 Å². The van der Waals surface area contributed by atoms with Gasteiger partial charge in [-0.05, 0) is 24.6 Å². The van der Waals surface area contributed by atoms with Crippen LogP contribution in [-0.2, 0) is 10.0 Å². The zero-order valence-electron chi connectivity index (χ0n) is 12.2. The molecule has 0 radical (unpaired) electrons. The zero-order chi connectivity index (χ0) is 14.9. The predicted molar refractivity (Wildman–Crippen MR) is 86.2 cm³/mol. The summed E-state index contributed by atoms with van der Waals surface area (Å²) < 4.78 is 25.8. The molecule has 1 aliphatic rings. The van der Waals surface area contributed by atoms with E-state index in [1.54, 1.807) is 4.31 Å². The van der Waals surface area contributed by atoms with Crippen LogP contribution in [0.3, 0.4) is 0 Å². The van der Waals surface area contributed by atoms with Crippen molar-refractivity contribution < 1.29 is 8.42 Å². The number of aromatic nitrogens is 1. The third-order valence-corrected chi connectivity index (χ3v) is 6.08. The van der Waals surface area contributed by atoms with Crippen LogP contribution < -0.4 is 4.90 Å². The van der Waals surface area contributed by atoms with Crippen molar-refractivity contribution >= 4 is 26.6 Å². The third-order valence-electron chi connectivity index (χ3n) is 4.01. The topological polar surface area (TPSA) is 56.4 Å². The van der Waals surface area contributed by atoms with Gasteiger partial charge in [-0.15, -0.1) is 0 Å². The Morgan fingerprint density at radius 3 is 2.62 bits per heavy atom. The highest BCUT2D eigenvalue weighted by molar-refractivity contribution is 7.89. The Balaban J connectivity index is 1.76. The maximum absolute atomic E-state index is 12.1. The van der Waals surface area contributed by atoms with Crippen LogP contribution >= 0.6 is 0 Å². The van der Waals surface area contributed by atoms with Gasteiger partial charge in [-0.2, -0.15) is 4.31 Å². The summed E-state index contributed by atoms with van der Waals surface area (Å²) in [4.78, 5) is 5.49. The van der Waals surface area contributed by atoms with Gasteiger partial charge in [-0.3, -0.25) is 0 Å². The molecule has 1 fully saturated rings. The van der Waals surface area contributed by atoms with E-state index in [2.05, 4.69) is 28.1 Å². The van der Waals surface area contributed by atoms with E-state index in [9.17, 15) is 8.42 Å². The number of piperazine rings is 1. The van der Waals surface area contributed by atoms with E-state index in [1.165, 1.54) is 11.1 Å². The monoisotopic (exact) mass is 307 g/mol. The minimum absolute atomic E-state index is 0.250. The van der Waals surface area contributed by atoms with Gasteiger partial charge in [0.05, 0.1) is 5.75 Å². The Morgan fingerprint density at radius 2 is 1.90 bits per heavy atom. The first-order valence-electron chi connectivity index (χ1n) is 7.40. The van der Waals surface area contributed by atoms with Crippen molar-refractivity contribution in [3.63, 3.8) is 0 Å². The molecular weight excluding hydrogens is 286 g/mol. The summed E-state index contributed by atoms with van der Waals surface area (Å²) in [6.45, 7) is 4.53. The molecule has 0 spiro atoms. The Morgan fingerprint density at radius 1 is 1.14 bits per heavy atom. The number of nitrogens with one attached hydrogen (secondary N) is 1. The summed E-state index contributed by atoms with van der Waals surface area (Å²) in [6.07, 6.45) is 2.61. The molecule has 0 bridgehead atoms. The molecule has 0 atom stereocenters. The lowest BCUT2D eigenvalue weighted by atomic mass is 10.2. The number of anilines is 1. The van der Waals surface area contributed by atoms with Crippen LogP contribution in [0.2, 0.25) is 0 Å². The number of nitrogens with zero attached hydrogens (tertiary/aromatic N) is 2. The average molecular weight is 307 g/mol. The Kier molecular flexibility index (Phi) is 3.91. The normalized spacial score (nSPS) is 17.5. The minimum Gasteiger partial charge on any atom is -0.368 e. The van der Waals surface area contributed by atoms with Crippen molar-refractivity contribution in [3.05, 3.63) is 30.5 Å². The molecule has 114 valence electrons. The molecule has 0 saturated carbocycles. The number of H-pyrrole nitrogens is 1. The number of rotatable bonds is 4. The fourth-order valence-electron chi connectivity index (χ4n) is 2.94. The zero-order valence-corrected chi connectivity index (χ0v) is 13.1. The van der Waals surface area contributed by atoms with Gasteiger partial charge in [0.2, 0.25) is 10.0 Å². The van der Waals surface area contributed by atoms with Crippen LogP contribution in [-0.4, -0.2) is 49.6 Å². The maximum atomic E-state index is 12.1. The largest absolute Gasteiger partial charge is 0.368 e. The molecule has 1 aromatic heterocycles. The highest BCUT2D eigenvalue weighted by Gasteiger charge is 2.26. The molecule has 5 nitrogen and oxygen atoms in total. The summed E-state index contributed by atoms with van der Waals surface area (Å²) in [7, 11) is -3.07. The standard InChI is InChI=1S/C15H21N3O2S/c1-2-12-21(19,20)18-10-8-17(9-11-18)15-5-3-4-14-13(15)6-7-16-14/h3-7,16H,2,8-12H2,1H3. The Labute approximate surface area is 125 Å². The van der Waals surface area contributed by atoms with Gasteiger partial charge >= 0.3 is 0 Å². The first-order chi connectivity index (χ1) is 10.1. The summed E-state index contributed by atoms with van der Waals surface area (Å²) in [5, 5.41) is 1.20. The van der Waals surface area contributed by atoms with Gasteiger partial charge in [-0.1, -0.05) is 13.0 Å². The quantitative estimate of drug-likeness (QED) is 0.940. The van der Waals surface area contributed by atoms with Crippen LogP contribution in [0.5, 0.6) is 0 Å². The van der Waals surface area contributed by atoms with Gasteiger partial charge in [0.1, 0.15) is 0 Å². The van der Waals surface area contributed by atoms with Gasteiger partial charge in [0, 0.05) is 49.0 Å². The van der Waals surface area contributed by atoms with Crippen molar-refractivity contribution in [2.45, 2.75) is 13.3 Å². The van der Waals surface area contributed by atoms with Gasteiger partial charge < -0.3 is 9.88 Å². The Hall–Kier alpha value is -1.53. The smallest absolute Gasteiger partial charge is 0.214 e. The van der Waals surface area contributed by atoms with Gasteiger partial charge in [-0.25, -0.2) is 8.42 Å².